The van der Waals surface area contributed by atoms with Crippen LogP contribution in [0.1, 0.15) is 28.4 Å². The average Bonchev–Trinajstić information content (AvgIpc) is 3.26. The Morgan fingerprint density at radius 3 is 2.56 bits per heavy atom. The van der Waals surface area contributed by atoms with Gasteiger partial charge >= 0.3 is 0 Å². The van der Waals surface area contributed by atoms with E-state index in [1.54, 1.807) is 0 Å². The Labute approximate surface area is 190 Å². The summed E-state index contributed by atoms with van der Waals surface area (Å²) in [7, 11) is 1.82. The van der Waals surface area contributed by atoms with Crippen molar-refractivity contribution < 1.29 is 9.53 Å². The van der Waals surface area contributed by atoms with Gasteiger partial charge < -0.3 is 20.3 Å². The fourth-order valence-electron chi connectivity index (χ4n) is 4.50. The van der Waals surface area contributed by atoms with Gasteiger partial charge in [0, 0.05) is 51.9 Å². The third-order valence-electron chi connectivity index (χ3n) is 6.16. The van der Waals surface area contributed by atoms with Gasteiger partial charge in [-0.2, -0.15) is 0 Å². The van der Waals surface area contributed by atoms with Gasteiger partial charge in [-0.05, 0) is 30.2 Å². The highest BCUT2D eigenvalue weighted by molar-refractivity contribution is 5.94. The normalized spacial score (nSPS) is 21.3. The molecule has 2 saturated heterocycles. The number of aliphatic imine (C=N–C) groups is 1. The molecule has 2 fully saturated rings. The van der Waals surface area contributed by atoms with E-state index in [1.807, 2.05) is 38.2 Å². The number of hydrogen-bond acceptors (Lipinski definition) is 4. The van der Waals surface area contributed by atoms with Crippen molar-refractivity contribution >= 4 is 11.9 Å². The number of ether oxygens (including phenoxy) is 1. The van der Waals surface area contributed by atoms with Crippen LogP contribution in [0.2, 0.25) is 0 Å². The Bertz CT molecular complexity index is 916. The zero-order chi connectivity index (χ0) is 22.3. The Balaban J connectivity index is 1.34. The molecule has 0 spiro atoms. The number of carbonyl (C=O) groups excluding carboxylic acids is 1. The standard InChI is InChI=1S/C25H33N5O2/c1-3-27-24(31)21-11-9-19(10-12-21)15-28-25(26-2)30-17-22-23(18-30)32-14-13-29(22)16-20-7-5-4-6-8-20/h4-12,22-23H,3,13-18H2,1-2H3,(H,26,28)(H,27,31). The van der Waals surface area contributed by atoms with Crippen molar-refractivity contribution in [2.45, 2.75) is 32.2 Å². The van der Waals surface area contributed by atoms with E-state index in [2.05, 4.69) is 55.8 Å². The van der Waals surface area contributed by atoms with Crippen molar-refractivity contribution in [1.82, 2.24) is 20.4 Å². The number of rotatable bonds is 6. The summed E-state index contributed by atoms with van der Waals surface area (Å²) in [5, 5.41) is 6.30. The van der Waals surface area contributed by atoms with E-state index in [1.165, 1.54) is 5.56 Å². The second-order valence-electron chi connectivity index (χ2n) is 8.29. The predicted molar refractivity (Wildman–Crippen MR) is 127 cm³/mol. The summed E-state index contributed by atoms with van der Waals surface area (Å²) in [5.41, 5.74) is 3.13. The molecular formula is C25H33N5O2. The number of hydrogen-bond donors (Lipinski definition) is 2. The summed E-state index contributed by atoms with van der Waals surface area (Å²) in [4.78, 5) is 21.3. The second kappa shape index (κ2) is 10.6. The van der Waals surface area contributed by atoms with E-state index in [0.717, 1.165) is 44.3 Å². The van der Waals surface area contributed by atoms with Crippen LogP contribution in [-0.2, 0) is 17.8 Å². The van der Waals surface area contributed by atoms with E-state index in [9.17, 15) is 4.79 Å². The number of fused-ring (bicyclic) bond motifs is 1. The van der Waals surface area contributed by atoms with Crippen LogP contribution in [0.25, 0.3) is 0 Å². The van der Waals surface area contributed by atoms with Crippen LogP contribution < -0.4 is 10.6 Å². The van der Waals surface area contributed by atoms with Crippen LogP contribution in [0.5, 0.6) is 0 Å². The van der Waals surface area contributed by atoms with Crippen LogP contribution in [0, 0.1) is 0 Å². The molecule has 0 bridgehead atoms. The summed E-state index contributed by atoms with van der Waals surface area (Å²) in [5.74, 6) is 0.845. The lowest BCUT2D eigenvalue weighted by Gasteiger charge is -2.36. The lowest BCUT2D eigenvalue weighted by atomic mass is 10.1. The van der Waals surface area contributed by atoms with Gasteiger partial charge in [0.15, 0.2) is 5.96 Å². The third-order valence-corrected chi connectivity index (χ3v) is 6.16. The Morgan fingerprint density at radius 1 is 1.06 bits per heavy atom. The minimum atomic E-state index is -0.0393. The summed E-state index contributed by atoms with van der Waals surface area (Å²) < 4.78 is 6.11. The van der Waals surface area contributed by atoms with Crippen molar-refractivity contribution in [2.24, 2.45) is 4.99 Å². The molecule has 2 heterocycles. The molecule has 0 saturated carbocycles. The molecule has 2 aromatic rings. The number of carbonyl (C=O) groups is 1. The number of amides is 1. The number of nitrogens with zero attached hydrogens (tertiary/aromatic N) is 3. The minimum Gasteiger partial charge on any atom is -0.373 e. The fourth-order valence-corrected chi connectivity index (χ4v) is 4.50. The first-order chi connectivity index (χ1) is 15.7. The van der Waals surface area contributed by atoms with Crippen LogP contribution >= 0.6 is 0 Å². The fraction of sp³-hybridized carbons (Fsp3) is 0.440. The Hall–Kier alpha value is -2.90. The Kier molecular flexibility index (Phi) is 7.39. The highest BCUT2D eigenvalue weighted by atomic mass is 16.5. The smallest absolute Gasteiger partial charge is 0.251 e. The van der Waals surface area contributed by atoms with Crippen molar-refractivity contribution in [3.05, 3.63) is 71.3 Å². The molecule has 4 rings (SSSR count). The summed E-state index contributed by atoms with van der Waals surface area (Å²) in [6.07, 6.45) is 0.197. The van der Waals surface area contributed by atoms with Gasteiger partial charge in [0.2, 0.25) is 0 Å². The van der Waals surface area contributed by atoms with Crippen molar-refractivity contribution in [3.63, 3.8) is 0 Å². The lowest BCUT2D eigenvalue weighted by molar-refractivity contribution is -0.0502. The number of likely N-dealkylation sites (tertiary alicyclic amines) is 1. The van der Waals surface area contributed by atoms with E-state index >= 15 is 0 Å². The Morgan fingerprint density at radius 2 is 1.84 bits per heavy atom. The second-order valence-corrected chi connectivity index (χ2v) is 8.29. The van der Waals surface area contributed by atoms with Crippen molar-refractivity contribution in [1.29, 1.82) is 0 Å². The molecule has 2 aliphatic heterocycles. The van der Waals surface area contributed by atoms with E-state index < -0.39 is 0 Å². The van der Waals surface area contributed by atoms with Gasteiger partial charge in [0.05, 0.1) is 18.8 Å². The molecular weight excluding hydrogens is 402 g/mol. The molecule has 2 N–H and O–H groups in total. The van der Waals surface area contributed by atoms with Gasteiger partial charge in [-0.3, -0.25) is 14.7 Å². The topological polar surface area (TPSA) is 69.2 Å². The molecule has 2 aliphatic rings. The van der Waals surface area contributed by atoms with Gasteiger partial charge in [-0.1, -0.05) is 42.5 Å². The zero-order valence-corrected chi connectivity index (χ0v) is 19.0. The molecule has 2 aromatic carbocycles. The van der Waals surface area contributed by atoms with Gasteiger partial charge in [0.25, 0.3) is 5.91 Å². The maximum atomic E-state index is 11.9. The first-order valence-corrected chi connectivity index (χ1v) is 11.4. The summed E-state index contributed by atoms with van der Waals surface area (Å²) in [6.45, 7) is 7.61. The zero-order valence-electron chi connectivity index (χ0n) is 19.0. The molecule has 1 amide bonds. The van der Waals surface area contributed by atoms with Gasteiger partial charge in [0.1, 0.15) is 0 Å². The molecule has 0 aromatic heterocycles. The van der Waals surface area contributed by atoms with Crippen LogP contribution in [0.4, 0.5) is 0 Å². The van der Waals surface area contributed by atoms with Crippen molar-refractivity contribution in [3.8, 4) is 0 Å². The molecule has 2 atom stereocenters. The SMILES string of the molecule is CCNC(=O)c1ccc(CNC(=NC)N2CC3OCCN(Cc4ccccc4)C3C2)cc1. The minimum absolute atomic E-state index is 0.0393. The highest BCUT2D eigenvalue weighted by Gasteiger charge is 2.41. The quantitative estimate of drug-likeness (QED) is 0.537. The molecule has 2 unspecified atom stereocenters. The van der Waals surface area contributed by atoms with E-state index in [4.69, 9.17) is 4.74 Å². The number of benzene rings is 2. The maximum absolute atomic E-state index is 11.9. The largest absolute Gasteiger partial charge is 0.373 e. The molecule has 7 nitrogen and oxygen atoms in total. The van der Waals surface area contributed by atoms with Crippen molar-refractivity contribution in [2.75, 3.05) is 39.8 Å². The van der Waals surface area contributed by atoms with Crippen LogP contribution in [0.15, 0.2) is 59.6 Å². The first kappa shape index (κ1) is 22.3. The van der Waals surface area contributed by atoms with E-state index in [-0.39, 0.29) is 12.0 Å². The third kappa shape index (κ3) is 5.29. The van der Waals surface area contributed by atoms with Gasteiger partial charge in [-0.15, -0.1) is 0 Å². The number of nitrogens with one attached hydrogen (secondary N) is 2. The first-order valence-electron chi connectivity index (χ1n) is 11.4. The van der Waals surface area contributed by atoms with Crippen LogP contribution in [-0.4, -0.2) is 73.6 Å². The van der Waals surface area contributed by atoms with Crippen LogP contribution in [0.3, 0.4) is 0 Å². The molecule has 0 aliphatic carbocycles. The number of morpholine rings is 1. The predicted octanol–water partition coefficient (Wildman–Crippen LogP) is 2.10. The molecule has 170 valence electrons. The van der Waals surface area contributed by atoms with Gasteiger partial charge in [-0.25, -0.2) is 0 Å². The molecule has 0 radical (unpaired) electrons. The maximum Gasteiger partial charge on any atom is 0.251 e. The summed E-state index contributed by atoms with van der Waals surface area (Å²) in [6, 6.07) is 18.7. The molecule has 7 heteroatoms. The monoisotopic (exact) mass is 435 g/mol. The average molecular weight is 436 g/mol. The molecule has 32 heavy (non-hydrogen) atoms. The highest BCUT2D eigenvalue weighted by Crippen LogP contribution is 2.24. The summed E-state index contributed by atoms with van der Waals surface area (Å²) >= 11 is 0. The van der Waals surface area contributed by atoms with E-state index in [0.29, 0.717) is 24.7 Å². The number of guanidine groups is 1. The lowest BCUT2D eigenvalue weighted by Crippen LogP contribution is -2.50.